The molecule has 0 aliphatic carbocycles. The van der Waals surface area contributed by atoms with E-state index in [1.807, 2.05) is 0 Å². The Balaban J connectivity index is 2.87. The maximum atomic E-state index is 12.2. The Labute approximate surface area is 111 Å². The van der Waals surface area contributed by atoms with Gasteiger partial charge in [0, 0.05) is 12.1 Å². The Hall–Kier alpha value is -2.11. The molecule has 0 N–H and O–H groups in total. The minimum Gasteiger partial charge on any atom is -0.465 e. The second-order valence-corrected chi connectivity index (χ2v) is 4.18. The van der Waals surface area contributed by atoms with Gasteiger partial charge in [-0.1, -0.05) is 0 Å². The zero-order chi connectivity index (χ0) is 14.4. The fraction of sp³-hybridized carbons (Fsp3) is 0.462. The fourth-order valence-electron chi connectivity index (χ4n) is 1.48. The highest BCUT2D eigenvalue weighted by molar-refractivity contribution is 5.95. The van der Waals surface area contributed by atoms with Crippen LogP contribution >= 0.6 is 0 Å². The topological polar surface area (TPSA) is 76.8 Å². The molecule has 1 heterocycles. The summed E-state index contributed by atoms with van der Waals surface area (Å²) in [7, 11) is 0. The van der Waals surface area contributed by atoms with Crippen LogP contribution in [0.3, 0.4) is 0 Å². The van der Waals surface area contributed by atoms with Crippen molar-refractivity contribution in [3.05, 3.63) is 34.4 Å². The molecule has 0 saturated heterocycles. The summed E-state index contributed by atoms with van der Waals surface area (Å²) in [5.74, 6) is -0.853. The van der Waals surface area contributed by atoms with Crippen molar-refractivity contribution in [1.82, 2.24) is 4.90 Å². The minimum atomic E-state index is -0.530. The second kappa shape index (κ2) is 6.72. The molecule has 0 atom stereocenters. The summed E-state index contributed by atoms with van der Waals surface area (Å²) in [5, 5.41) is 0. The zero-order valence-electron chi connectivity index (χ0n) is 11.2. The van der Waals surface area contributed by atoms with Crippen molar-refractivity contribution in [3.63, 3.8) is 0 Å². The van der Waals surface area contributed by atoms with Gasteiger partial charge >= 0.3 is 11.6 Å². The SMILES string of the molecule is CCOC(=O)CN(C(=O)c1ccc(=O)oc1)C(C)C. The maximum Gasteiger partial charge on any atom is 0.335 e. The van der Waals surface area contributed by atoms with E-state index in [1.165, 1.54) is 11.0 Å². The summed E-state index contributed by atoms with van der Waals surface area (Å²) < 4.78 is 9.46. The van der Waals surface area contributed by atoms with Gasteiger partial charge in [0.25, 0.3) is 5.91 Å². The molecule has 0 unspecified atom stereocenters. The van der Waals surface area contributed by atoms with Crippen LogP contribution in [0.25, 0.3) is 0 Å². The third-order valence-corrected chi connectivity index (χ3v) is 2.44. The summed E-state index contributed by atoms with van der Waals surface area (Å²) in [6, 6.07) is 2.36. The lowest BCUT2D eigenvalue weighted by molar-refractivity contribution is -0.144. The third kappa shape index (κ3) is 4.24. The van der Waals surface area contributed by atoms with E-state index in [9.17, 15) is 14.4 Å². The smallest absolute Gasteiger partial charge is 0.335 e. The van der Waals surface area contributed by atoms with Crippen LogP contribution in [0.1, 0.15) is 31.1 Å². The van der Waals surface area contributed by atoms with Gasteiger partial charge in [-0.2, -0.15) is 0 Å². The van der Waals surface area contributed by atoms with Crippen LogP contribution in [0.5, 0.6) is 0 Å². The molecule has 0 aliphatic rings. The molecule has 0 fully saturated rings. The highest BCUT2D eigenvalue weighted by atomic mass is 16.5. The Morgan fingerprint density at radius 2 is 2.05 bits per heavy atom. The Bertz CT molecular complexity index is 486. The molecule has 6 heteroatoms. The van der Waals surface area contributed by atoms with Gasteiger partial charge < -0.3 is 14.1 Å². The van der Waals surface area contributed by atoms with Gasteiger partial charge in [0.05, 0.1) is 12.2 Å². The molecule has 104 valence electrons. The highest BCUT2D eigenvalue weighted by Gasteiger charge is 2.22. The molecule has 1 amide bonds. The van der Waals surface area contributed by atoms with Gasteiger partial charge in [-0.05, 0) is 26.8 Å². The Morgan fingerprint density at radius 1 is 1.37 bits per heavy atom. The molecule has 19 heavy (non-hydrogen) atoms. The first-order valence-corrected chi connectivity index (χ1v) is 6.01. The van der Waals surface area contributed by atoms with Gasteiger partial charge in [0.1, 0.15) is 12.8 Å². The van der Waals surface area contributed by atoms with Crippen molar-refractivity contribution in [1.29, 1.82) is 0 Å². The van der Waals surface area contributed by atoms with E-state index in [2.05, 4.69) is 4.42 Å². The van der Waals surface area contributed by atoms with Crippen molar-refractivity contribution < 1.29 is 18.7 Å². The number of amides is 1. The van der Waals surface area contributed by atoms with E-state index in [0.29, 0.717) is 0 Å². The Morgan fingerprint density at radius 3 is 2.53 bits per heavy atom. The maximum absolute atomic E-state index is 12.2. The third-order valence-electron chi connectivity index (χ3n) is 2.44. The summed E-state index contributed by atoms with van der Waals surface area (Å²) in [5.41, 5.74) is -0.310. The normalized spacial score (nSPS) is 10.3. The van der Waals surface area contributed by atoms with Crippen LogP contribution in [0.4, 0.5) is 0 Å². The lowest BCUT2D eigenvalue weighted by Gasteiger charge is -2.25. The molecule has 0 bridgehead atoms. The monoisotopic (exact) mass is 267 g/mol. The predicted molar refractivity (Wildman–Crippen MR) is 67.8 cm³/mol. The molecule has 0 aromatic carbocycles. The largest absolute Gasteiger partial charge is 0.465 e. The number of ether oxygens (including phenoxy) is 1. The molecule has 0 spiro atoms. The van der Waals surface area contributed by atoms with Gasteiger partial charge in [0.2, 0.25) is 0 Å². The van der Waals surface area contributed by atoms with Crippen molar-refractivity contribution in [2.45, 2.75) is 26.8 Å². The predicted octanol–water partition coefficient (Wildman–Crippen LogP) is 1.05. The van der Waals surface area contributed by atoms with E-state index in [-0.39, 0.29) is 30.7 Å². The van der Waals surface area contributed by atoms with Gasteiger partial charge in [-0.25, -0.2) is 4.79 Å². The van der Waals surface area contributed by atoms with Crippen LogP contribution in [0.15, 0.2) is 27.6 Å². The fourth-order valence-corrected chi connectivity index (χ4v) is 1.48. The molecule has 1 rings (SSSR count). The van der Waals surface area contributed by atoms with E-state index in [4.69, 9.17) is 4.74 Å². The molecule has 0 saturated carbocycles. The number of carbonyl (C=O) groups excluding carboxylic acids is 2. The van der Waals surface area contributed by atoms with Crippen LogP contribution in [-0.2, 0) is 9.53 Å². The molecular formula is C13H17NO5. The van der Waals surface area contributed by atoms with Crippen molar-refractivity contribution in [3.8, 4) is 0 Å². The van der Waals surface area contributed by atoms with Crippen LogP contribution in [0.2, 0.25) is 0 Å². The first-order valence-electron chi connectivity index (χ1n) is 6.01. The number of hydrogen-bond acceptors (Lipinski definition) is 5. The Kier molecular flexibility index (Phi) is 5.29. The van der Waals surface area contributed by atoms with Crippen LogP contribution in [0, 0.1) is 0 Å². The minimum absolute atomic E-state index is 0.135. The molecular weight excluding hydrogens is 250 g/mol. The van der Waals surface area contributed by atoms with Gasteiger partial charge in [-0.3, -0.25) is 9.59 Å². The summed E-state index contributed by atoms with van der Waals surface area (Å²) >= 11 is 0. The number of hydrogen-bond donors (Lipinski definition) is 0. The van der Waals surface area contributed by atoms with Crippen molar-refractivity contribution in [2.75, 3.05) is 13.2 Å². The lowest BCUT2D eigenvalue weighted by Crippen LogP contribution is -2.41. The van der Waals surface area contributed by atoms with Gasteiger partial charge in [-0.15, -0.1) is 0 Å². The van der Waals surface area contributed by atoms with E-state index in [1.54, 1.807) is 20.8 Å². The van der Waals surface area contributed by atoms with Gasteiger partial charge in [0.15, 0.2) is 0 Å². The number of esters is 1. The standard InChI is InChI=1S/C13H17NO5/c1-4-18-12(16)7-14(9(2)3)13(17)10-5-6-11(15)19-8-10/h5-6,8-9H,4,7H2,1-3H3. The summed E-state index contributed by atoms with van der Waals surface area (Å²) in [6.45, 7) is 5.40. The second-order valence-electron chi connectivity index (χ2n) is 4.18. The quantitative estimate of drug-likeness (QED) is 0.745. The summed E-state index contributed by atoms with van der Waals surface area (Å²) in [6.07, 6.45) is 1.09. The van der Waals surface area contributed by atoms with E-state index < -0.39 is 11.6 Å². The molecule has 1 aromatic rings. The number of carbonyl (C=O) groups is 2. The van der Waals surface area contributed by atoms with E-state index in [0.717, 1.165) is 12.3 Å². The van der Waals surface area contributed by atoms with Crippen LogP contribution < -0.4 is 5.63 Å². The number of nitrogens with zero attached hydrogens (tertiary/aromatic N) is 1. The average molecular weight is 267 g/mol. The van der Waals surface area contributed by atoms with Crippen molar-refractivity contribution >= 4 is 11.9 Å². The molecule has 0 aliphatic heterocycles. The molecule has 0 radical (unpaired) electrons. The first kappa shape index (κ1) is 14.9. The molecule has 6 nitrogen and oxygen atoms in total. The van der Waals surface area contributed by atoms with E-state index >= 15 is 0 Å². The first-order chi connectivity index (χ1) is 8.95. The highest BCUT2D eigenvalue weighted by Crippen LogP contribution is 2.07. The molecule has 1 aromatic heterocycles. The van der Waals surface area contributed by atoms with Crippen LogP contribution in [-0.4, -0.2) is 36.0 Å². The van der Waals surface area contributed by atoms with Crippen molar-refractivity contribution in [2.24, 2.45) is 0 Å². The summed E-state index contributed by atoms with van der Waals surface area (Å²) in [4.78, 5) is 35.9. The lowest BCUT2D eigenvalue weighted by atomic mass is 10.2. The number of rotatable bonds is 5. The average Bonchev–Trinajstić information content (AvgIpc) is 2.36. The zero-order valence-corrected chi connectivity index (χ0v) is 11.2.